The van der Waals surface area contributed by atoms with E-state index in [-0.39, 0.29) is 5.95 Å². The van der Waals surface area contributed by atoms with E-state index in [1.165, 1.54) is 6.26 Å². The van der Waals surface area contributed by atoms with Gasteiger partial charge in [-0.15, -0.1) is 0 Å². The van der Waals surface area contributed by atoms with Crippen LogP contribution in [0, 0.1) is 0 Å². The molecule has 0 bridgehead atoms. The minimum atomic E-state index is -0.0666. The molecule has 2 rings (SSSR count). The minimum Gasteiger partial charge on any atom is -0.480 e. The van der Waals surface area contributed by atoms with Crippen LogP contribution in [0.1, 0.15) is 0 Å². The van der Waals surface area contributed by atoms with Crippen LogP contribution in [-0.2, 0) is 0 Å². The smallest absolute Gasteiger partial charge is 0.291 e. The van der Waals surface area contributed by atoms with Crippen molar-refractivity contribution in [3.8, 4) is 5.95 Å². The molecular weight excluding hydrogens is 130 g/mol. The Balaban J connectivity index is 2.93. The van der Waals surface area contributed by atoms with Crippen molar-refractivity contribution < 1.29 is 9.52 Å². The minimum absolute atomic E-state index is 0.0666. The number of pyridine rings is 1. The molecule has 0 fully saturated rings. The van der Waals surface area contributed by atoms with Gasteiger partial charge in [0.25, 0.3) is 5.95 Å². The Morgan fingerprint density at radius 2 is 2.40 bits per heavy atom. The molecule has 0 aromatic carbocycles. The zero-order valence-corrected chi connectivity index (χ0v) is 5.11. The monoisotopic (exact) mass is 135 g/mol. The third-order valence-corrected chi connectivity index (χ3v) is 1.38. The normalized spacial score (nSPS) is 10.4. The molecule has 3 heteroatoms. The summed E-state index contributed by atoms with van der Waals surface area (Å²) in [6, 6.07) is 1.78. The highest BCUT2D eigenvalue weighted by atomic mass is 16.5. The van der Waals surface area contributed by atoms with E-state index in [1.807, 2.05) is 0 Å². The molecule has 0 amide bonds. The lowest BCUT2D eigenvalue weighted by atomic mass is 10.3. The molecular formula is C7H5NO2. The van der Waals surface area contributed by atoms with E-state index in [0.717, 1.165) is 5.39 Å². The van der Waals surface area contributed by atoms with E-state index >= 15 is 0 Å². The fourth-order valence-corrected chi connectivity index (χ4v) is 0.869. The van der Waals surface area contributed by atoms with Gasteiger partial charge in [0.15, 0.2) is 0 Å². The summed E-state index contributed by atoms with van der Waals surface area (Å²) >= 11 is 0. The number of furan rings is 1. The molecule has 0 aliphatic carbocycles. The van der Waals surface area contributed by atoms with Crippen molar-refractivity contribution in [1.29, 1.82) is 0 Å². The van der Waals surface area contributed by atoms with E-state index in [4.69, 9.17) is 9.52 Å². The lowest BCUT2D eigenvalue weighted by Gasteiger charge is -1.83. The number of hydrogen-bond acceptors (Lipinski definition) is 3. The number of rotatable bonds is 0. The van der Waals surface area contributed by atoms with Crippen molar-refractivity contribution >= 4 is 10.8 Å². The third-order valence-electron chi connectivity index (χ3n) is 1.38. The van der Waals surface area contributed by atoms with Crippen molar-refractivity contribution in [2.75, 3.05) is 0 Å². The van der Waals surface area contributed by atoms with Gasteiger partial charge in [-0.2, -0.15) is 0 Å². The van der Waals surface area contributed by atoms with Gasteiger partial charge in [0, 0.05) is 17.8 Å². The molecule has 0 radical (unpaired) electrons. The van der Waals surface area contributed by atoms with Crippen molar-refractivity contribution in [2.45, 2.75) is 0 Å². The second-order valence-electron chi connectivity index (χ2n) is 2.00. The van der Waals surface area contributed by atoms with E-state index in [2.05, 4.69) is 4.98 Å². The van der Waals surface area contributed by atoms with E-state index in [0.29, 0.717) is 5.39 Å². The lowest BCUT2D eigenvalue weighted by Crippen LogP contribution is -1.66. The Bertz CT molecular complexity index is 353. The van der Waals surface area contributed by atoms with Crippen molar-refractivity contribution in [1.82, 2.24) is 4.98 Å². The Hall–Kier alpha value is -1.51. The number of aromatic nitrogens is 1. The molecule has 0 unspecified atom stereocenters. The average Bonchev–Trinajstić information content (AvgIpc) is 2.34. The SMILES string of the molecule is Oc1occ2ccncc12. The van der Waals surface area contributed by atoms with Crippen LogP contribution in [0.4, 0.5) is 0 Å². The summed E-state index contributed by atoms with van der Waals surface area (Å²) in [5.74, 6) is -0.0666. The topological polar surface area (TPSA) is 46.3 Å². The van der Waals surface area contributed by atoms with Crippen LogP contribution in [0.2, 0.25) is 0 Å². The Morgan fingerprint density at radius 3 is 3.20 bits per heavy atom. The van der Waals surface area contributed by atoms with E-state index in [1.54, 1.807) is 18.5 Å². The first kappa shape index (κ1) is 5.29. The Labute approximate surface area is 56.9 Å². The molecule has 0 saturated heterocycles. The largest absolute Gasteiger partial charge is 0.480 e. The highest BCUT2D eigenvalue weighted by Crippen LogP contribution is 2.24. The van der Waals surface area contributed by atoms with Gasteiger partial charge in [0.05, 0.1) is 5.39 Å². The molecule has 2 heterocycles. The molecule has 1 N–H and O–H groups in total. The predicted octanol–water partition coefficient (Wildman–Crippen LogP) is 1.53. The first-order valence-corrected chi connectivity index (χ1v) is 2.88. The zero-order valence-electron chi connectivity index (χ0n) is 5.11. The van der Waals surface area contributed by atoms with Crippen molar-refractivity contribution in [3.05, 3.63) is 24.7 Å². The molecule has 0 aliphatic rings. The summed E-state index contributed by atoms with van der Waals surface area (Å²) in [5, 5.41) is 10.5. The van der Waals surface area contributed by atoms with Crippen LogP contribution in [0.3, 0.4) is 0 Å². The fourth-order valence-electron chi connectivity index (χ4n) is 0.869. The maximum absolute atomic E-state index is 9.00. The quantitative estimate of drug-likeness (QED) is 0.595. The average molecular weight is 135 g/mol. The van der Waals surface area contributed by atoms with Gasteiger partial charge >= 0.3 is 0 Å². The van der Waals surface area contributed by atoms with Crippen molar-refractivity contribution in [2.24, 2.45) is 0 Å². The summed E-state index contributed by atoms with van der Waals surface area (Å²) in [6.07, 6.45) is 4.71. The first-order chi connectivity index (χ1) is 4.88. The van der Waals surface area contributed by atoms with Gasteiger partial charge < -0.3 is 9.52 Å². The van der Waals surface area contributed by atoms with Gasteiger partial charge in [0.2, 0.25) is 0 Å². The van der Waals surface area contributed by atoms with Gasteiger partial charge in [-0.1, -0.05) is 0 Å². The fraction of sp³-hybridized carbons (Fsp3) is 0. The van der Waals surface area contributed by atoms with Crippen LogP contribution in [-0.4, -0.2) is 10.1 Å². The number of fused-ring (bicyclic) bond motifs is 1. The van der Waals surface area contributed by atoms with Crippen LogP contribution in [0.15, 0.2) is 29.1 Å². The molecule has 0 spiro atoms. The predicted molar refractivity (Wildman–Crippen MR) is 35.7 cm³/mol. The van der Waals surface area contributed by atoms with Crippen LogP contribution >= 0.6 is 0 Å². The zero-order chi connectivity index (χ0) is 6.97. The number of aromatic hydroxyl groups is 1. The first-order valence-electron chi connectivity index (χ1n) is 2.88. The molecule has 3 nitrogen and oxygen atoms in total. The number of hydrogen-bond donors (Lipinski definition) is 1. The summed E-state index contributed by atoms with van der Waals surface area (Å²) in [6.45, 7) is 0. The second kappa shape index (κ2) is 1.73. The summed E-state index contributed by atoms with van der Waals surface area (Å²) < 4.78 is 4.73. The Kier molecular flexibility index (Phi) is 0.917. The Morgan fingerprint density at radius 1 is 1.50 bits per heavy atom. The van der Waals surface area contributed by atoms with Gasteiger partial charge in [-0.05, 0) is 6.07 Å². The van der Waals surface area contributed by atoms with Gasteiger partial charge in [-0.3, -0.25) is 4.98 Å². The number of nitrogens with zero attached hydrogens (tertiary/aromatic N) is 1. The van der Waals surface area contributed by atoms with Crippen LogP contribution in [0.25, 0.3) is 10.8 Å². The van der Waals surface area contributed by atoms with Crippen LogP contribution in [0.5, 0.6) is 5.95 Å². The summed E-state index contributed by atoms with van der Waals surface area (Å²) in [4.78, 5) is 3.83. The maximum atomic E-state index is 9.00. The second-order valence-corrected chi connectivity index (χ2v) is 2.00. The van der Waals surface area contributed by atoms with Crippen LogP contribution < -0.4 is 0 Å². The third kappa shape index (κ3) is 0.572. The molecule has 10 heavy (non-hydrogen) atoms. The molecule has 2 aromatic heterocycles. The van der Waals surface area contributed by atoms with Crippen molar-refractivity contribution in [3.63, 3.8) is 0 Å². The highest BCUT2D eigenvalue weighted by molar-refractivity contribution is 5.84. The molecule has 0 aliphatic heterocycles. The highest BCUT2D eigenvalue weighted by Gasteiger charge is 2.01. The van der Waals surface area contributed by atoms with E-state index < -0.39 is 0 Å². The molecule has 50 valence electrons. The molecule has 0 saturated carbocycles. The maximum Gasteiger partial charge on any atom is 0.291 e. The lowest BCUT2D eigenvalue weighted by molar-refractivity contribution is 0.338. The summed E-state index contributed by atoms with van der Waals surface area (Å²) in [5.41, 5.74) is 0. The van der Waals surface area contributed by atoms with Gasteiger partial charge in [0.1, 0.15) is 6.26 Å². The van der Waals surface area contributed by atoms with Gasteiger partial charge in [-0.25, -0.2) is 0 Å². The molecule has 0 atom stereocenters. The molecule has 2 aromatic rings. The standard InChI is InChI=1S/C7H5NO2/c9-7-6-3-8-2-1-5(6)4-10-7/h1-4,9H. The summed E-state index contributed by atoms with van der Waals surface area (Å²) in [7, 11) is 0. The van der Waals surface area contributed by atoms with E-state index in [9.17, 15) is 0 Å².